The molecule has 2 amide bonds. The van der Waals surface area contributed by atoms with Gasteiger partial charge in [0.15, 0.2) is 11.5 Å². The fraction of sp³-hybridized carbons (Fsp3) is 0.290. The SMILES string of the molecule is COc1cccc([C@@H]2c3[nH]c4ccccc4c3C[C@H]3C(=O)N(CCc4ccc(OC)c(OC)c4)CC(=O)N23)c1. The molecule has 4 aromatic rings. The van der Waals surface area contributed by atoms with E-state index in [2.05, 4.69) is 11.1 Å². The van der Waals surface area contributed by atoms with Crippen molar-refractivity contribution >= 4 is 22.7 Å². The van der Waals surface area contributed by atoms with Crippen molar-refractivity contribution in [3.63, 3.8) is 0 Å². The molecule has 0 aliphatic carbocycles. The molecule has 2 aliphatic rings. The number of aromatic nitrogens is 1. The van der Waals surface area contributed by atoms with Crippen LogP contribution in [0.5, 0.6) is 17.2 Å². The summed E-state index contributed by atoms with van der Waals surface area (Å²) in [6, 6.07) is 20.6. The molecule has 0 unspecified atom stereocenters. The van der Waals surface area contributed by atoms with Crippen molar-refractivity contribution in [1.29, 1.82) is 0 Å². The van der Waals surface area contributed by atoms with Gasteiger partial charge < -0.3 is 29.0 Å². The molecule has 2 aliphatic heterocycles. The van der Waals surface area contributed by atoms with Crippen LogP contribution < -0.4 is 14.2 Å². The summed E-state index contributed by atoms with van der Waals surface area (Å²) in [6.45, 7) is 0.480. The third-order valence-electron chi connectivity index (χ3n) is 7.87. The zero-order valence-electron chi connectivity index (χ0n) is 22.3. The molecule has 0 spiro atoms. The van der Waals surface area contributed by atoms with Gasteiger partial charge in [0.2, 0.25) is 11.8 Å². The van der Waals surface area contributed by atoms with E-state index < -0.39 is 12.1 Å². The summed E-state index contributed by atoms with van der Waals surface area (Å²) < 4.78 is 16.3. The van der Waals surface area contributed by atoms with Crippen LogP contribution in [0.25, 0.3) is 10.9 Å². The lowest BCUT2D eigenvalue weighted by Crippen LogP contribution is -2.63. The largest absolute Gasteiger partial charge is 0.497 e. The second-order valence-electron chi connectivity index (χ2n) is 9.96. The first-order chi connectivity index (χ1) is 19.0. The monoisotopic (exact) mass is 525 g/mol. The molecule has 1 N–H and O–H groups in total. The van der Waals surface area contributed by atoms with Crippen molar-refractivity contribution in [2.24, 2.45) is 0 Å². The molecular weight excluding hydrogens is 494 g/mol. The van der Waals surface area contributed by atoms with Crippen LogP contribution in [0.3, 0.4) is 0 Å². The minimum absolute atomic E-state index is 0.0288. The molecule has 8 nitrogen and oxygen atoms in total. The zero-order valence-corrected chi connectivity index (χ0v) is 22.3. The van der Waals surface area contributed by atoms with Crippen LogP contribution in [0.1, 0.15) is 28.4 Å². The number of benzene rings is 3. The van der Waals surface area contributed by atoms with Crippen LogP contribution in [-0.4, -0.2) is 67.1 Å². The number of aromatic amines is 1. The lowest BCUT2D eigenvalue weighted by molar-refractivity contribution is -0.158. The summed E-state index contributed by atoms with van der Waals surface area (Å²) in [6.07, 6.45) is 1.07. The maximum Gasteiger partial charge on any atom is 0.246 e. The van der Waals surface area contributed by atoms with Gasteiger partial charge in [0, 0.05) is 29.6 Å². The summed E-state index contributed by atoms with van der Waals surface area (Å²) in [7, 11) is 4.83. The number of amides is 2. The number of H-pyrrole nitrogens is 1. The summed E-state index contributed by atoms with van der Waals surface area (Å²) in [5.74, 6) is 1.91. The van der Waals surface area contributed by atoms with Gasteiger partial charge in [0.1, 0.15) is 11.8 Å². The highest BCUT2D eigenvalue weighted by atomic mass is 16.5. The molecule has 1 aromatic heterocycles. The smallest absolute Gasteiger partial charge is 0.246 e. The summed E-state index contributed by atoms with van der Waals surface area (Å²) >= 11 is 0. The summed E-state index contributed by atoms with van der Waals surface area (Å²) in [4.78, 5) is 34.8. The number of fused-ring (bicyclic) bond motifs is 4. The Labute approximate surface area is 227 Å². The number of carbonyl (C=O) groups is 2. The molecule has 6 rings (SSSR count). The van der Waals surface area contributed by atoms with Crippen LogP contribution in [0.2, 0.25) is 0 Å². The number of hydrogen-bond donors (Lipinski definition) is 1. The van der Waals surface area contributed by atoms with E-state index in [0.717, 1.165) is 33.3 Å². The van der Waals surface area contributed by atoms with Crippen LogP contribution in [0, 0.1) is 0 Å². The zero-order chi connectivity index (χ0) is 27.1. The van der Waals surface area contributed by atoms with Crippen LogP contribution >= 0.6 is 0 Å². The highest BCUT2D eigenvalue weighted by Gasteiger charge is 2.48. The van der Waals surface area contributed by atoms with Crippen molar-refractivity contribution in [2.45, 2.75) is 24.9 Å². The van der Waals surface area contributed by atoms with Crippen molar-refractivity contribution < 1.29 is 23.8 Å². The summed E-state index contributed by atoms with van der Waals surface area (Å²) in [5.41, 5.74) is 4.96. The predicted octanol–water partition coefficient (Wildman–Crippen LogP) is 4.12. The standard InChI is InChI=1S/C31H31N3O5/c1-37-21-8-6-7-20(16-21)30-29-23(22-9-4-5-10-24(22)32-29)17-25-31(36)33(18-28(35)34(25)30)14-13-19-11-12-26(38-2)27(15-19)39-3/h4-12,15-16,25,30,32H,13-14,17-18H2,1-3H3/t25-,30+/m0/s1. The van der Waals surface area contributed by atoms with E-state index in [1.54, 1.807) is 31.1 Å². The number of rotatable bonds is 7. The van der Waals surface area contributed by atoms with Crippen LogP contribution in [0.4, 0.5) is 0 Å². The molecule has 0 radical (unpaired) electrons. The number of carbonyl (C=O) groups excluding carboxylic acids is 2. The summed E-state index contributed by atoms with van der Waals surface area (Å²) in [5, 5.41) is 1.09. The number of ether oxygens (including phenoxy) is 3. The maximum absolute atomic E-state index is 14.0. The Bertz CT molecular complexity index is 1560. The van der Waals surface area contributed by atoms with Gasteiger partial charge in [-0.1, -0.05) is 36.4 Å². The van der Waals surface area contributed by atoms with Gasteiger partial charge in [-0.25, -0.2) is 0 Å². The van der Waals surface area contributed by atoms with E-state index >= 15 is 0 Å². The van der Waals surface area contributed by atoms with E-state index in [0.29, 0.717) is 36.6 Å². The number of piperazine rings is 1. The van der Waals surface area contributed by atoms with Crippen molar-refractivity contribution in [2.75, 3.05) is 34.4 Å². The molecule has 0 bridgehead atoms. The Morgan fingerprint density at radius 2 is 1.72 bits per heavy atom. The maximum atomic E-state index is 14.0. The van der Waals surface area contributed by atoms with E-state index in [9.17, 15) is 9.59 Å². The minimum atomic E-state index is -0.584. The first-order valence-corrected chi connectivity index (χ1v) is 13.1. The van der Waals surface area contributed by atoms with Crippen molar-refractivity contribution in [3.05, 3.63) is 89.1 Å². The Kier molecular flexibility index (Phi) is 6.38. The Balaban J connectivity index is 1.34. The third-order valence-corrected chi connectivity index (χ3v) is 7.87. The number of nitrogens with zero attached hydrogens (tertiary/aromatic N) is 2. The third kappa shape index (κ3) is 4.26. The molecule has 3 aromatic carbocycles. The van der Waals surface area contributed by atoms with E-state index in [1.165, 1.54) is 0 Å². The van der Waals surface area contributed by atoms with Crippen molar-refractivity contribution in [3.8, 4) is 17.2 Å². The first kappa shape index (κ1) is 24.9. The van der Waals surface area contributed by atoms with Gasteiger partial charge in [-0.2, -0.15) is 0 Å². The van der Waals surface area contributed by atoms with Crippen LogP contribution in [0.15, 0.2) is 66.7 Å². The number of hydrogen-bond acceptors (Lipinski definition) is 5. The Hall–Kier alpha value is -4.46. The molecule has 2 atom stereocenters. The quantitative estimate of drug-likeness (QED) is 0.393. The first-order valence-electron chi connectivity index (χ1n) is 13.1. The molecule has 39 heavy (non-hydrogen) atoms. The Morgan fingerprint density at radius 1 is 0.897 bits per heavy atom. The van der Waals surface area contributed by atoms with E-state index in [1.807, 2.05) is 60.7 Å². The highest BCUT2D eigenvalue weighted by molar-refractivity contribution is 5.97. The number of methoxy groups -OCH3 is 3. The van der Waals surface area contributed by atoms with Crippen LogP contribution in [-0.2, 0) is 22.4 Å². The molecule has 3 heterocycles. The van der Waals surface area contributed by atoms with Gasteiger partial charge in [0.25, 0.3) is 0 Å². The average Bonchev–Trinajstić information content (AvgIpc) is 3.35. The van der Waals surface area contributed by atoms with Gasteiger partial charge in [-0.15, -0.1) is 0 Å². The molecule has 8 heteroatoms. The molecule has 200 valence electrons. The lowest BCUT2D eigenvalue weighted by Gasteiger charge is -2.47. The molecular formula is C31H31N3O5. The van der Waals surface area contributed by atoms with Gasteiger partial charge in [0.05, 0.1) is 33.9 Å². The van der Waals surface area contributed by atoms with E-state index in [4.69, 9.17) is 14.2 Å². The fourth-order valence-electron chi connectivity index (χ4n) is 5.97. The minimum Gasteiger partial charge on any atom is -0.497 e. The normalized spacial score (nSPS) is 18.6. The predicted molar refractivity (Wildman–Crippen MR) is 147 cm³/mol. The topological polar surface area (TPSA) is 84.1 Å². The number of para-hydroxylation sites is 1. The lowest BCUT2D eigenvalue weighted by atomic mass is 9.86. The second-order valence-corrected chi connectivity index (χ2v) is 9.96. The van der Waals surface area contributed by atoms with Gasteiger partial charge in [-0.05, 0) is 53.4 Å². The van der Waals surface area contributed by atoms with Gasteiger partial charge in [-0.3, -0.25) is 9.59 Å². The number of nitrogens with one attached hydrogen (secondary N) is 1. The Morgan fingerprint density at radius 3 is 2.51 bits per heavy atom. The molecule has 1 fully saturated rings. The molecule has 0 saturated carbocycles. The van der Waals surface area contributed by atoms with Crippen molar-refractivity contribution in [1.82, 2.24) is 14.8 Å². The highest BCUT2D eigenvalue weighted by Crippen LogP contribution is 2.43. The second kappa shape index (κ2) is 10.0. The fourth-order valence-corrected chi connectivity index (χ4v) is 5.97. The molecule has 1 saturated heterocycles. The average molecular weight is 526 g/mol. The van der Waals surface area contributed by atoms with E-state index in [-0.39, 0.29) is 18.4 Å². The van der Waals surface area contributed by atoms with Gasteiger partial charge >= 0.3 is 0 Å².